The fraction of sp³-hybridized carbons (Fsp3) is 0.414. The maximum atomic E-state index is 13.7. The highest BCUT2D eigenvalue weighted by Gasteiger charge is 2.49. The van der Waals surface area contributed by atoms with Gasteiger partial charge >= 0.3 is 0 Å². The first-order chi connectivity index (χ1) is 17.5. The molecular weight excluding hydrogens is 489 g/mol. The predicted octanol–water partition coefficient (Wildman–Crippen LogP) is 5.10. The highest BCUT2D eigenvalue weighted by atomic mass is 32.2. The van der Waals surface area contributed by atoms with Crippen LogP contribution in [0.1, 0.15) is 57.4 Å². The topological polar surface area (TPSA) is 75.4 Å². The molecule has 2 heterocycles. The maximum absolute atomic E-state index is 13.7. The van der Waals surface area contributed by atoms with E-state index in [0.717, 1.165) is 28.1 Å². The lowest BCUT2D eigenvalue weighted by Crippen LogP contribution is -2.54. The molecule has 0 radical (unpaired) electrons. The Bertz CT molecular complexity index is 1440. The molecule has 6 nitrogen and oxygen atoms in total. The number of rotatable bonds is 5. The average molecular weight is 524 g/mol. The summed E-state index contributed by atoms with van der Waals surface area (Å²) in [4.78, 5) is 0.273. The second kappa shape index (κ2) is 9.19. The molecule has 2 aliphatic rings. The predicted molar refractivity (Wildman–Crippen MR) is 142 cm³/mol. The molecule has 8 heteroatoms. The summed E-state index contributed by atoms with van der Waals surface area (Å²) in [5, 5.41) is 15.8. The van der Waals surface area contributed by atoms with Gasteiger partial charge in [-0.15, -0.1) is 0 Å². The van der Waals surface area contributed by atoms with Crippen LogP contribution in [0.15, 0.2) is 65.2 Å². The molecule has 5 rings (SSSR count). The van der Waals surface area contributed by atoms with E-state index in [2.05, 4.69) is 31.9 Å². The summed E-state index contributed by atoms with van der Waals surface area (Å²) in [5.41, 5.74) is 3.90. The number of nitrogens with zero attached hydrogens (tertiary/aromatic N) is 3. The van der Waals surface area contributed by atoms with Crippen molar-refractivity contribution in [3.05, 3.63) is 82.9 Å². The van der Waals surface area contributed by atoms with E-state index in [1.165, 1.54) is 16.4 Å². The Hall–Kier alpha value is -2.81. The lowest BCUT2D eigenvalue weighted by Gasteiger charge is -2.48. The molecule has 0 bridgehead atoms. The number of aliphatic hydroxyl groups excluding tert-OH is 1. The van der Waals surface area contributed by atoms with Crippen molar-refractivity contribution in [3.8, 4) is 5.69 Å². The van der Waals surface area contributed by atoms with E-state index in [0.29, 0.717) is 25.8 Å². The number of fused-ring (bicyclic) bond motifs is 2. The van der Waals surface area contributed by atoms with Gasteiger partial charge in [0.1, 0.15) is 5.82 Å². The Morgan fingerprint density at radius 1 is 1.11 bits per heavy atom. The molecule has 0 saturated carbocycles. The normalized spacial score (nSPS) is 21.2. The molecule has 2 atom stereocenters. The van der Waals surface area contributed by atoms with Crippen LogP contribution in [0.25, 0.3) is 11.8 Å². The van der Waals surface area contributed by atoms with E-state index in [-0.39, 0.29) is 22.7 Å². The molecule has 1 saturated heterocycles. The van der Waals surface area contributed by atoms with Crippen molar-refractivity contribution in [1.82, 2.24) is 14.1 Å². The van der Waals surface area contributed by atoms with E-state index in [1.807, 2.05) is 19.1 Å². The number of hydrogen-bond donors (Lipinski definition) is 1. The third-order valence-electron chi connectivity index (χ3n) is 7.89. The van der Waals surface area contributed by atoms with Crippen LogP contribution in [0.4, 0.5) is 4.39 Å². The Morgan fingerprint density at radius 2 is 1.78 bits per heavy atom. The van der Waals surface area contributed by atoms with E-state index < -0.39 is 21.5 Å². The third-order valence-corrected chi connectivity index (χ3v) is 9.74. The third kappa shape index (κ3) is 4.45. The van der Waals surface area contributed by atoms with Crippen molar-refractivity contribution < 1.29 is 17.9 Å². The average Bonchev–Trinajstić information content (AvgIpc) is 3.28. The molecule has 1 N–H and O–H groups in total. The van der Waals surface area contributed by atoms with E-state index in [4.69, 9.17) is 0 Å². The second-order valence-corrected chi connectivity index (χ2v) is 13.2. The summed E-state index contributed by atoms with van der Waals surface area (Å²) < 4.78 is 44.2. The van der Waals surface area contributed by atoms with Crippen LogP contribution in [0.2, 0.25) is 0 Å². The summed E-state index contributed by atoms with van der Waals surface area (Å²) in [7, 11) is -3.74. The smallest absolute Gasteiger partial charge is 0.243 e. The van der Waals surface area contributed by atoms with E-state index in [9.17, 15) is 17.9 Å². The minimum Gasteiger partial charge on any atom is -0.392 e. The number of halogens is 1. The van der Waals surface area contributed by atoms with Crippen LogP contribution >= 0.6 is 0 Å². The van der Waals surface area contributed by atoms with Crippen molar-refractivity contribution in [2.75, 3.05) is 13.1 Å². The summed E-state index contributed by atoms with van der Waals surface area (Å²) in [6.45, 7) is 8.76. The monoisotopic (exact) mass is 523 g/mol. The standard InChI is InChI=1S/C29H34FN3O3S/c1-5-27(34)29-17-20-18-31-33(24-10-8-23(30)9-11-24)26(20)16-22(29)14-15-32(19-29)37(35,36)25-12-6-21(7-13-25)28(2,3)4/h6-13,16,18,27,34H,5,14-15,17,19H2,1-4H3. The fourth-order valence-electron chi connectivity index (χ4n) is 5.66. The summed E-state index contributed by atoms with van der Waals surface area (Å²) >= 11 is 0. The molecule has 0 spiro atoms. The quantitative estimate of drug-likeness (QED) is 0.505. The highest BCUT2D eigenvalue weighted by molar-refractivity contribution is 7.89. The van der Waals surface area contributed by atoms with Crippen molar-refractivity contribution in [1.29, 1.82) is 0 Å². The summed E-state index contributed by atoms with van der Waals surface area (Å²) in [6.07, 6.45) is 4.63. The van der Waals surface area contributed by atoms with Crippen LogP contribution in [-0.2, 0) is 21.9 Å². The Balaban J connectivity index is 1.50. The van der Waals surface area contributed by atoms with Gasteiger partial charge in [0.15, 0.2) is 0 Å². The van der Waals surface area contributed by atoms with Gasteiger partial charge in [-0.25, -0.2) is 17.5 Å². The van der Waals surface area contributed by atoms with E-state index in [1.54, 1.807) is 35.1 Å². The van der Waals surface area contributed by atoms with Crippen LogP contribution < -0.4 is 0 Å². The van der Waals surface area contributed by atoms with Gasteiger partial charge in [-0.1, -0.05) is 45.4 Å². The Labute approximate surface area is 218 Å². The first-order valence-electron chi connectivity index (χ1n) is 12.8. The largest absolute Gasteiger partial charge is 0.392 e. The van der Waals surface area contributed by atoms with Crippen LogP contribution in [0.3, 0.4) is 0 Å². The summed E-state index contributed by atoms with van der Waals surface area (Å²) in [5.74, 6) is -0.310. The molecule has 196 valence electrons. The van der Waals surface area contributed by atoms with Gasteiger partial charge in [0, 0.05) is 18.5 Å². The molecule has 2 unspecified atom stereocenters. The van der Waals surface area contributed by atoms with Crippen molar-refractivity contribution in [3.63, 3.8) is 0 Å². The minimum absolute atomic E-state index is 0.0689. The molecular formula is C29H34FN3O3S. The zero-order valence-corrected chi connectivity index (χ0v) is 22.6. The molecule has 3 aromatic rings. The number of aliphatic hydroxyl groups is 1. The number of piperidine rings is 1. The van der Waals surface area contributed by atoms with Crippen LogP contribution in [0, 0.1) is 11.2 Å². The highest BCUT2D eigenvalue weighted by Crippen LogP contribution is 2.48. The molecule has 0 amide bonds. The lowest BCUT2D eigenvalue weighted by molar-refractivity contribution is 0.0208. The fourth-order valence-corrected chi connectivity index (χ4v) is 7.17. The summed E-state index contributed by atoms with van der Waals surface area (Å²) in [6, 6.07) is 13.3. The SMILES string of the molecule is CCC(O)C12Cc3cnn(-c4ccc(F)cc4)c3C=C1CCN(S(=O)(=O)c1ccc(C(C)(C)C)cc1)C2. The van der Waals surface area contributed by atoms with Gasteiger partial charge in [-0.2, -0.15) is 9.40 Å². The van der Waals surface area contributed by atoms with Gasteiger partial charge < -0.3 is 5.11 Å². The van der Waals surface area contributed by atoms with Gasteiger partial charge in [-0.3, -0.25) is 0 Å². The first-order valence-corrected chi connectivity index (χ1v) is 14.2. The number of sulfonamides is 1. The van der Waals surface area contributed by atoms with Gasteiger partial charge in [-0.05, 0) is 78.3 Å². The minimum atomic E-state index is -3.74. The zero-order chi connectivity index (χ0) is 26.6. The van der Waals surface area contributed by atoms with Gasteiger partial charge in [0.2, 0.25) is 10.0 Å². The number of aromatic nitrogens is 2. The molecule has 1 fully saturated rings. The molecule has 1 aromatic heterocycles. The molecule has 2 aromatic carbocycles. The zero-order valence-electron chi connectivity index (χ0n) is 21.8. The number of hydrogen-bond acceptors (Lipinski definition) is 4. The molecule has 1 aliphatic carbocycles. The Kier molecular flexibility index (Phi) is 6.41. The maximum Gasteiger partial charge on any atom is 0.243 e. The van der Waals surface area contributed by atoms with Crippen molar-refractivity contribution in [2.45, 2.75) is 63.4 Å². The van der Waals surface area contributed by atoms with Gasteiger partial charge in [0.25, 0.3) is 0 Å². The number of benzene rings is 2. The van der Waals surface area contributed by atoms with Crippen LogP contribution in [0.5, 0.6) is 0 Å². The van der Waals surface area contributed by atoms with Crippen molar-refractivity contribution in [2.24, 2.45) is 5.41 Å². The molecule has 37 heavy (non-hydrogen) atoms. The van der Waals surface area contributed by atoms with Crippen LogP contribution in [-0.4, -0.2) is 46.8 Å². The second-order valence-electron chi connectivity index (χ2n) is 11.2. The molecule has 1 aliphatic heterocycles. The van der Waals surface area contributed by atoms with Gasteiger partial charge in [0.05, 0.1) is 28.6 Å². The lowest BCUT2D eigenvalue weighted by atomic mass is 9.65. The first kappa shape index (κ1) is 25.8. The van der Waals surface area contributed by atoms with Crippen molar-refractivity contribution >= 4 is 16.1 Å². The van der Waals surface area contributed by atoms with E-state index >= 15 is 0 Å². The Morgan fingerprint density at radius 3 is 2.41 bits per heavy atom.